The van der Waals surface area contributed by atoms with Crippen LogP contribution in [0.3, 0.4) is 0 Å². The van der Waals surface area contributed by atoms with E-state index in [2.05, 4.69) is 43.2 Å². The number of nitrogens with one attached hydrogen (secondary N) is 1. The van der Waals surface area contributed by atoms with Crippen LogP contribution in [0.4, 0.5) is 0 Å². The van der Waals surface area contributed by atoms with Crippen molar-refractivity contribution in [1.82, 2.24) is 15.1 Å². The Morgan fingerprint density at radius 2 is 1.84 bits per heavy atom. The predicted octanol–water partition coefficient (Wildman–Crippen LogP) is 2.18. The summed E-state index contributed by atoms with van der Waals surface area (Å²) in [5.74, 6) is 0.865. The summed E-state index contributed by atoms with van der Waals surface area (Å²) in [6.45, 7) is 5.86. The van der Waals surface area contributed by atoms with Gasteiger partial charge >= 0.3 is 0 Å². The average Bonchev–Trinajstić information content (AvgIpc) is 2.71. The molecule has 2 aliphatic rings. The van der Waals surface area contributed by atoms with Crippen molar-refractivity contribution < 1.29 is 0 Å². The van der Waals surface area contributed by atoms with Gasteiger partial charge in [0.25, 0.3) is 0 Å². The van der Waals surface area contributed by atoms with E-state index in [0.29, 0.717) is 5.54 Å². The first-order valence-corrected chi connectivity index (χ1v) is 8.17. The zero-order chi connectivity index (χ0) is 13.9. The zero-order valence-electron chi connectivity index (χ0n) is 13.4. The molecule has 0 aliphatic heterocycles. The maximum Gasteiger partial charge on any atom is 0.0330 e. The molecule has 0 aromatic heterocycles. The van der Waals surface area contributed by atoms with Gasteiger partial charge in [-0.15, -0.1) is 0 Å². The quantitative estimate of drug-likeness (QED) is 0.763. The lowest BCUT2D eigenvalue weighted by Crippen LogP contribution is -2.57. The molecule has 112 valence electrons. The van der Waals surface area contributed by atoms with Crippen molar-refractivity contribution in [2.24, 2.45) is 5.92 Å². The second kappa shape index (κ2) is 6.55. The summed E-state index contributed by atoms with van der Waals surface area (Å²) in [6, 6.07) is 0.768. The molecular weight excluding hydrogens is 234 g/mol. The van der Waals surface area contributed by atoms with Crippen LogP contribution >= 0.6 is 0 Å². The summed E-state index contributed by atoms with van der Waals surface area (Å²) in [6.07, 6.45) is 8.38. The van der Waals surface area contributed by atoms with Crippen LogP contribution in [0.25, 0.3) is 0 Å². The van der Waals surface area contributed by atoms with E-state index in [-0.39, 0.29) is 0 Å². The maximum absolute atomic E-state index is 3.68. The van der Waals surface area contributed by atoms with E-state index in [1.807, 2.05) is 0 Å². The Balaban J connectivity index is 1.82. The lowest BCUT2D eigenvalue weighted by Gasteiger charge is -2.49. The Labute approximate surface area is 119 Å². The highest BCUT2D eigenvalue weighted by molar-refractivity contribution is 4.98. The van der Waals surface area contributed by atoms with Crippen LogP contribution in [-0.4, -0.2) is 62.2 Å². The van der Waals surface area contributed by atoms with Crippen LogP contribution in [0.5, 0.6) is 0 Å². The molecular formula is C16H33N3. The molecule has 0 radical (unpaired) electrons. The van der Waals surface area contributed by atoms with Crippen molar-refractivity contribution in [3.8, 4) is 0 Å². The Morgan fingerprint density at radius 3 is 2.37 bits per heavy atom. The molecule has 0 amide bonds. The minimum Gasteiger partial charge on any atom is -0.314 e. The first-order chi connectivity index (χ1) is 9.07. The number of rotatable bonds is 7. The van der Waals surface area contributed by atoms with Gasteiger partial charge in [-0.2, -0.15) is 0 Å². The fourth-order valence-corrected chi connectivity index (χ4v) is 4.09. The molecule has 0 heterocycles. The molecule has 19 heavy (non-hydrogen) atoms. The molecule has 0 aromatic carbocycles. The van der Waals surface area contributed by atoms with Gasteiger partial charge in [0.2, 0.25) is 0 Å². The Kier molecular flexibility index (Phi) is 5.27. The monoisotopic (exact) mass is 267 g/mol. The molecule has 3 heteroatoms. The van der Waals surface area contributed by atoms with Gasteiger partial charge in [0.1, 0.15) is 0 Å². The van der Waals surface area contributed by atoms with Crippen LogP contribution in [-0.2, 0) is 0 Å². The molecule has 2 saturated carbocycles. The first-order valence-electron chi connectivity index (χ1n) is 8.17. The molecule has 2 fully saturated rings. The molecule has 2 unspecified atom stereocenters. The van der Waals surface area contributed by atoms with E-state index in [4.69, 9.17) is 0 Å². The summed E-state index contributed by atoms with van der Waals surface area (Å²) in [4.78, 5) is 5.06. The van der Waals surface area contributed by atoms with Crippen molar-refractivity contribution >= 4 is 0 Å². The van der Waals surface area contributed by atoms with E-state index in [9.17, 15) is 0 Å². The fraction of sp³-hybridized carbons (Fsp3) is 1.00. The van der Waals surface area contributed by atoms with Gasteiger partial charge in [-0.3, -0.25) is 0 Å². The molecule has 2 atom stereocenters. The third-order valence-corrected chi connectivity index (χ3v) is 5.47. The van der Waals surface area contributed by atoms with Gasteiger partial charge in [0.15, 0.2) is 0 Å². The normalized spacial score (nSPS) is 30.0. The van der Waals surface area contributed by atoms with E-state index in [0.717, 1.165) is 18.5 Å². The van der Waals surface area contributed by atoms with Gasteiger partial charge in [0, 0.05) is 24.7 Å². The van der Waals surface area contributed by atoms with Crippen molar-refractivity contribution in [3.05, 3.63) is 0 Å². The highest BCUT2D eigenvalue weighted by Gasteiger charge is 2.40. The second-order valence-corrected chi connectivity index (χ2v) is 7.02. The average molecular weight is 267 g/mol. The smallest absolute Gasteiger partial charge is 0.0330 e. The van der Waals surface area contributed by atoms with E-state index >= 15 is 0 Å². The zero-order valence-corrected chi connectivity index (χ0v) is 13.4. The summed E-state index contributed by atoms with van der Waals surface area (Å²) in [5.41, 5.74) is 0.473. The minimum atomic E-state index is 0.473. The lowest BCUT2D eigenvalue weighted by atomic mass is 9.75. The van der Waals surface area contributed by atoms with Crippen LogP contribution < -0.4 is 5.32 Å². The molecule has 2 rings (SSSR count). The number of likely N-dealkylation sites (N-methyl/N-ethyl adjacent to an activating group) is 2. The van der Waals surface area contributed by atoms with Gasteiger partial charge < -0.3 is 15.1 Å². The maximum atomic E-state index is 3.68. The second-order valence-electron chi connectivity index (χ2n) is 7.02. The molecule has 0 spiro atoms. The molecule has 1 N–H and O–H groups in total. The number of nitrogens with zero attached hydrogens (tertiary/aromatic N) is 2. The predicted molar refractivity (Wildman–Crippen MR) is 82.6 cm³/mol. The molecule has 0 saturated heterocycles. The third-order valence-electron chi connectivity index (χ3n) is 5.47. The lowest BCUT2D eigenvalue weighted by molar-refractivity contribution is 0.0233. The van der Waals surface area contributed by atoms with Crippen LogP contribution in [0.2, 0.25) is 0 Å². The molecule has 3 nitrogen and oxygen atoms in total. The third kappa shape index (κ3) is 3.50. The van der Waals surface area contributed by atoms with Gasteiger partial charge in [-0.25, -0.2) is 0 Å². The van der Waals surface area contributed by atoms with Crippen molar-refractivity contribution in [3.63, 3.8) is 0 Å². The highest BCUT2D eigenvalue weighted by Crippen LogP contribution is 2.37. The topological polar surface area (TPSA) is 18.5 Å². The molecule has 0 bridgehead atoms. The van der Waals surface area contributed by atoms with E-state index in [1.54, 1.807) is 0 Å². The molecule has 0 aromatic rings. The minimum absolute atomic E-state index is 0.473. The van der Waals surface area contributed by atoms with Crippen LogP contribution in [0.1, 0.15) is 45.4 Å². The Morgan fingerprint density at radius 1 is 1.11 bits per heavy atom. The first kappa shape index (κ1) is 15.3. The molecule has 2 aliphatic carbocycles. The van der Waals surface area contributed by atoms with Gasteiger partial charge in [-0.1, -0.05) is 13.3 Å². The van der Waals surface area contributed by atoms with Gasteiger partial charge in [-0.05, 0) is 65.7 Å². The largest absolute Gasteiger partial charge is 0.314 e. The fourth-order valence-electron chi connectivity index (χ4n) is 4.09. The van der Waals surface area contributed by atoms with Crippen molar-refractivity contribution in [2.45, 2.75) is 57.0 Å². The summed E-state index contributed by atoms with van der Waals surface area (Å²) >= 11 is 0. The summed E-state index contributed by atoms with van der Waals surface area (Å²) < 4.78 is 0. The van der Waals surface area contributed by atoms with E-state index < -0.39 is 0 Å². The van der Waals surface area contributed by atoms with E-state index in [1.165, 1.54) is 51.6 Å². The highest BCUT2D eigenvalue weighted by atomic mass is 15.2. The van der Waals surface area contributed by atoms with Crippen LogP contribution in [0, 0.1) is 5.92 Å². The standard InChI is InChI=1S/C16H33N3/c1-5-17-15-9-6-8-14(15)12-19(4)13-16(18(2)3)10-7-11-16/h14-15,17H,5-13H2,1-4H3. The van der Waals surface area contributed by atoms with Gasteiger partial charge in [0.05, 0.1) is 0 Å². The van der Waals surface area contributed by atoms with Crippen molar-refractivity contribution in [2.75, 3.05) is 40.8 Å². The Hall–Kier alpha value is -0.120. The summed E-state index contributed by atoms with van der Waals surface area (Å²) in [7, 11) is 6.83. The van der Waals surface area contributed by atoms with Crippen molar-refractivity contribution in [1.29, 1.82) is 0 Å². The SMILES string of the molecule is CCNC1CCCC1CN(C)CC1(N(C)C)CCC1. The number of hydrogen-bond donors (Lipinski definition) is 1. The Bertz CT molecular complexity index is 273. The summed E-state index contributed by atoms with van der Waals surface area (Å²) in [5, 5.41) is 3.68. The van der Waals surface area contributed by atoms with Crippen LogP contribution in [0.15, 0.2) is 0 Å². The number of hydrogen-bond acceptors (Lipinski definition) is 3.